The molecule has 1 fully saturated rings. The SMILES string of the molecule is CC1CC2C(=CC1O)C(=O)OC2C. The molecule has 1 N–H and O–H groups in total. The van der Waals surface area contributed by atoms with Crippen molar-refractivity contribution in [3.05, 3.63) is 11.6 Å². The molecule has 0 saturated carbocycles. The van der Waals surface area contributed by atoms with Crippen molar-refractivity contribution in [2.75, 3.05) is 0 Å². The van der Waals surface area contributed by atoms with Crippen LogP contribution < -0.4 is 0 Å². The van der Waals surface area contributed by atoms with E-state index in [2.05, 4.69) is 0 Å². The molecule has 13 heavy (non-hydrogen) atoms. The van der Waals surface area contributed by atoms with E-state index in [0.717, 1.165) is 6.42 Å². The Morgan fingerprint density at radius 1 is 1.54 bits per heavy atom. The topological polar surface area (TPSA) is 46.5 Å². The molecule has 72 valence electrons. The lowest BCUT2D eigenvalue weighted by atomic mass is 9.79. The van der Waals surface area contributed by atoms with E-state index in [1.165, 1.54) is 0 Å². The van der Waals surface area contributed by atoms with Crippen molar-refractivity contribution in [1.29, 1.82) is 0 Å². The summed E-state index contributed by atoms with van der Waals surface area (Å²) < 4.78 is 5.09. The number of cyclic esters (lactones) is 1. The molecule has 0 aromatic heterocycles. The van der Waals surface area contributed by atoms with Crippen LogP contribution in [-0.4, -0.2) is 23.3 Å². The van der Waals surface area contributed by atoms with Gasteiger partial charge in [-0.3, -0.25) is 0 Å². The largest absolute Gasteiger partial charge is 0.459 e. The summed E-state index contributed by atoms with van der Waals surface area (Å²) in [6.45, 7) is 3.90. The summed E-state index contributed by atoms with van der Waals surface area (Å²) in [5.41, 5.74) is 0.679. The number of carbonyl (C=O) groups is 1. The highest BCUT2D eigenvalue weighted by molar-refractivity contribution is 5.91. The Balaban J connectivity index is 2.31. The number of esters is 1. The maximum atomic E-state index is 11.3. The molecule has 1 saturated heterocycles. The molecule has 1 aliphatic carbocycles. The zero-order valence-electron chi connectivity index (χ0n) is 7.86. The molecule has 1 aliphatic heterocycles. The van der Waals surface area contributed by atoms with Gasteiger partial charge in [0, 0.05) is 11.5 Å². The lowest BCUT2D eigenvalue weighted by Gasteiger charge is -2.26. The first kappa shape index (κ1) is 8.75. The minimum Gasteiger partial charge on any atom is -0.459 e. The van der Waals surface area contributed by atoms with Crippen LogP contribution in [0.1, 0.15) is 20.3 Å². The molecule has 4 atom stereocenters. The maximum Gasteiger partial charge on any atom is 0.334 e. The van der Waals surface area contributed by atoms with Gasteiger partial charge in [0.15, 0.2) is 0 Å². The van der Waals surface area contributed by atoms with E-state index < -0.39 is 6.10 Å². The molecular formula is C10H14O3. The van der Waals surface area contributed by atoms with Crippen LogP contribution >= 0.6 is 0 Å². The van der Waals surface area contributed by atoms with Crippen LogP contribution in [0.2, 0.25) is 0 Å². The van der Waals surface area contributed by atoms with Crippen molar-refractivity contribution in [2.45, 2.75) is 32.5 Å². The number of aliphatic hydroxyl groups excluding tert-OH is 1. The fourth-order valence-corrected chi connectivity index (χ4v) is 2.12. The van der Waals surface area contributed by atoms with E-state index in [-0.39, 0.29) is 23.9 Å². The van der Waals surface area contributed by atoms with Crippen molar-refractivity contribution < 1.29 is 14.6 Å². The third-order valence-corrected chi connectivity index (χ3v) is 3.05. The normalized spacial score (nSPS) is 43.9. The molecule has 0 aromatic rings. The van der Waals surface area contributed by atoms with Gasteiger partial charge in [-0.2, -0.15) is 0 Å². The fourth-order valence-electron chi connectivity index (χ4n) is 2.12. The summed E-state index contributed by atoms with van der Waals surface area (Å²) >= 11 is 0. The lowest BCUT2D eigenvalue weighted by molar-refractivity contribution is -0.138. The number of fused-ring (bicyclic) bond motifs is 1. The number of hydrogen-bond acceptors (Lipinski definition) is 3. The molecule has 1 heterocycles. The van der Waals surface area contributed by atoms with E-state index >= 15 is 0 Å². The monoisotopic (exact) mass is 182 g/mol. The quantitative estimate of drug-likeness (QED) is 0.565. The Kier molecular flexibility index (Phi) is 1.91. The van der Waals surface area contributed by atoms with Gasteiger partial charge in [-0.15, -0.1) is 0 Å². The predicted octanol–water partition coefficient (Wildman–Crippen LogP) is 0.875. The van der Waals surface area contributed by atoms with Crippen molar-refractivity contribution in [3.63, 3.8) is 0 Å². The maximum absolute atomic E-state index is 11.3. The first-order valence-electron chi connectivity index (χ1n) is 4.70. The van der Waals surface area contributed by atoms with E-state index in [1.54, 1.807) is 6.08 Å². The molecule has 3 heteroatoms. The number of carbonyl (C=O) groups excluding carboxylic acids is 1. The van der Waals surface area contributed by atoms with Crippen LogP contribution in [0, 0.1) is 11.8 Å². The second-order valence-electron chi connectivity index (χ2n) is 4.04. The van der Waals surface area contributed by atoms with E-state index in [0.29, 0.717) is 5.57 Å². The summed E-state index contributed by atoms with van der Waals surface area (Å²) in [5.74, 6) is 0.181. The Morgan fingerprint density at radius 3 is 2.92 bits per heavy atom. The third-order valence-electron chi connectivity index (χ3n) is 3.05. The second-order valence-corrected chi connectivity index (χ2v) is 4.04. The molecule has 0 radical (unpaired) electrons. The number of rotatable bonds is 0. The van der Waals surface area contributed by atoms with Crippen LogP contribution in [-0.2, 0) is 9.53 Å². The van der Waals surface area contributed by atoms with Crippen molar-refractivity contribution in [2.24, 2.45) is 11.8 Å². The molecule has 0 amide bonds. The molecule has 2 rings (SSSR count). The minimum absolute atomic E-state index is 0.0197. The zero-order chi connectivity index (χ0) is 9.59. The van der Waals surface area contributed by atoms with Crippen LogP contribution in [0.15, 0.2) is 11.6 Å². The highest BCUT2D eigenvalue weighted by atomic mass is 16.5. The minimum atomic E-state index is -0.482. The first-order valence-corrected chi connectivity index (χ1v) is 4.70. The van der Waals surface area contributed by atoms with Gasteiger partial charge in [-0.1, -0.05) is 6.92 Å². The number of ether oxygens (including phenoxy) is 1. The summed E-state index contributed by atoms with van der Waals surface area (Å²) in [5, 5.41) is 9.54. The van der Waals surface area contributed by atoms with Crippen LogP contribution in [0.5, 0.6) is 0 Å². The van der Waals surface area contributed by atoms with Gasteiger partial charge in [-0.05, 0) is 25.3 Å². The van der Waals surface area contributed by atoms with Gasteiger partial charge in [0.05, 0.1) is 6.10 Å². The van der Waals surface area contributed by atoms with Crippen molar-refractivity contribution >= 4 is 5.97 Å². The lowest BCUT2D eigenvalue weighted by Crippen LogP contribution is -2.27. The Hall–Kier alpha value is -0.830. The van der Waals surface area contributed by atoms with E-state index in [9.17, 15) is 9.90 Å². The van der Waals surface area contributed by atoms with E-state index in [4.69, 9.17) is 4.74 Å². The summed E-state index contributed by atoms with van der Waals surface area (Å²) in [7, 11) is 0. The summed E-state index contributed by atoms with van der Waals surface area (Å²) in [4.78, 5) is 11.3. The van der Waals surface area contributed by atoms with Crippen LogP contribution in [0.25, 0.3) is 0 Å². The Morgan fingerprint density at radius 2 is 2.23 bits per heavy atom. The molecule has 0 spiro atoms. The second kappa shape index (κ2) is 2.84. The highest BCUT2D eigenvalue weighted by Gasteiger charge is 2.41. The van der Waals surface area contributed by atoms with Gasteiger partial charge in [-0.25, -0.2) is 4.79 Å². The molecule has 2 aliphatic rings. The average molecular weight is 182 g/mol. The standard InChI is InChI=1S/C10H14O3/c1-5-3-7-6(2)13-10(12)8(7)4-9(5)11/h4-7,9,11H,3H2,1-2H3. The van der Waals surface area contributed by atoms with Crippen molar-refractivity contribution in [1.82, 2.24) is 0 Å². The van der Waals surface area contributed by atoms with Gasteiger partial charge < -0.3 is 9.84 Å². The smallest absolute Gasteiger partial charge is 0.334 e. The number of aliphatic hydroxyl groups is 1. The van der Waals surface area contributed by atoms with Crippen LogP contribution in [0.4, 0.5) is 0 Å². The van der Waals surface area contributed by atoms with Gasteiger partial charge in [0.1, 0.15) is 6.10 Å². The molecule has 0 aromatic carbocycles. The van der Waals surface area contributed by atoms with Gasteiger partial charge in [0.25, 0.3) is 0 Å². The Bertz CT molecular complexity index is 269. The number of hydrogen-bond donors (Lipinski definition) is 1. The zero-order valence-corrected chi connectivity index (χ0v) is 7.86. The average Bonchev–Trinajstić information content (AvgIpc) is 2.31. The molecule has 0 bridgehead atoms. The predicted molar refractivity (Wildman–Crippen MR) is 46.9 cm³/mol. The molecule has 4 unspecified atom stereocenters. The van der Waals surface area contributed by atoms with Gasteiger partial charge >= 0.3 is 5.97 Å². The van der Waals surface area contributed by atoms with Crippen molar-refractivity contribution in [3.8, 4) is 0 Å². The van der Waals surface area contributed by atoms with E-state index in [1.807, 2.05) is 13.8 Å². The summed E-state index contributed by atoms with van der Waals surface area (Å²) in [6, 6.07) is 0. The Labute approximate surface area is 77.4 Å². The summed E-state index contributed by atoms with van der Waals surface area (Å²) in [6.07, 6.45) is 2.00. The molecular weight excluding hydrogens is 168 g/mol. The van der Waals surface area contributed by atoms with Crippen LogP contribution in [0.3, 0.4) is 0 Å². The highest BCUT2D eigenvalue weighted by Crippen LogP contribution is 2.37. The molecule has 3 nitrogen and oxygen atoms in total. The third kappa shape index (κ3) is 1.27. The fraction of sp³-hybridized carbons (Fsp3) is 0.700. The van der Waals surface area contributed by atoms with Gasteiger partial charge in [0.2, 0.25) is 0 Å². The first-order chi connectivity index (χ1) is 6.09.